The molecule has 10 heteroatoms. The van der Waals surface area contributed by atoms with Crippen molar-refractivity contribution in [1.82, 2.24) is 15.2 Å². The highest BCUT2D eigenvalue weighted by atomic mass is 35.5. The maximum absolute atomic E-state index is 13.1. The van der Waals surface area contributed by atoms with Crippen molar-refractivity contribution in [2.24, 2.45) is 0 Å². The van der Waals surface area contributed by atoms with E-state index < -0.39 is 21.8 Å². The highest BCUT2D eigenvalue weighted by Crippen LogP contribution is 2.28. The fraction of sp³-hybridized carbons (Fsp3) is 0.333. The van der Waals surface area contributed by atoms with Crippen LogP contribution < -0.4 is 10.9 Å². The lowest BCUT2D eigenvalue weighted by molar-refractivity contribution is -0.121. The number of hydrogen-bond donors (Lipinski definition) is 2. The molecule has 31 heavy (non-hydrogen) atoms. The van der Waals surface area contributed by atoms with Gasteiger partial charge in [0.05, 0.1) is 23.7 Å². The Kier molecular flexibility index (Phi) is 7.32. The molecule has 1 fully saturated rings. The number of hydrazine groups is 1. The van der Waals surface area contributed by atoms with Crippen LogP contribution in [0.1, 0.15) is 29.8 Å². The maximum Gasteiger partial charge on any atom is 0.269 e. The third-order valence-electron chi connectivity index (χ3n) is 4.72. The number of nitrogens with one attached hydrogen (secondary N) is 2. The van der Waals surface area contributed by atoms with Gasteiger partial charge in [0, 0.05) is 18.7 Å². The minimum absolute atomic E-state index is 0.0106. The Morgan fingerprint density at radius 3 is 2.35 bits per heavy atom. The zero-order valence-electron chi connectivity index (χ0n) is 17.2. The van der Waals surface area contributed by atoms with Crippen LogP contribution in [0.5, 0.6) is 0 Å². The Morgan fingerprint density at radius 2 is 1.71 bits per heavy atom. The van der Waals surface area contributed by atoms with E-state index in [9.17, 15) is 18.0 Å². The standard InChI is InChI=1S/C21H24ClN3O5S/c1-14-12-25(13-15(2)30-14)31(28,29)19-11-17(8-9-18(19)22)21(27)24-23-20(26)10-16-6-4-3-5-7-16/h3-9,11,14-15H,10,12-13H2,1-2H3,(H,23,26)(H,24,27). The van der Waals surface area contributed by atoms with Crippen molar-refractivity contribution in [3.05, 3.63) is 64.7 Å². The zero-order valence-corrected chi connectivity index (χ0v) is 18.7. The van der Waals surface area contributed by atoms with E-state index in [1.54, 1.807) is 26.0 Å². The predicted molar refractivity (Wildman–Crippen MR) is 116 cm³/mol. The number of morpholine rings is 1. The quantitative estimate of drug-likeness (QED) is 0.658. The Balaban J connectivity index is 1.71. The van der Waals surface area contributed by atoms with Crippen LogP contribution >= 0.6 is 11.6 Å². The number of amides is 2. The highest BCUT2D eigenvalue weighted by Gasteiger charge is 2.33. The van der Waals surface area contributed by atoms with Crippen molar-refractivity contribution in [2.45, 2.75) is 37.4 Å². The molecule has 1 aliphatic heterocycles. The normalized spacial score (nSPS) is 19.6. The molecule has 0 saturated carbocycles. The second-order valence-corrected chi connectivity index (χ2v) is 9.70. The van der Waals surface area contributed by atoms with Crippen molar-refractivity contribution < 1.29 is 22.7 Å². The van der Waals surface area contributed by atoms with Gasteiger partial charge in [-0.25, -0.2) is 8.42 Å². The smallest absolute Gasteiger partial charge is 0.269 e. The van der Waals surface area contributed by atoms with Crippen molar-refractivity contribution in [3.63, 3.8) is 0 Å². The van der Waals surface area contributed by atoms with Crippen LogP contribution in [0.15, 0.2) is 53.4 Å². The van der Waals surface area contributed by atoms with E-state index in [4.69, 9.17) is 16.3 Å². The SMILES string of the molecule is CC1CN(S(=O)(=O)c2cc(C(=O)NNC(=O)Cc3ccccc3)ccc2Cl)CC(C)O1. The van der Waals surface area contributed by atoms with Crippen molar-refractivity contribution in [3.8, 4) is 0 Å². The highest BCUT2D eigenvalue weighted by molar-refractivity contribution is 7.89. The molecule has 2 aromatic carbocycles. The predicted octanol–water partition coefficient (Wildman–Crippen LogP) is 2.14. The summed E-state index contributed by atoms with van der Waals surface area (Å²) in [7, 11) is -3.93. The number of nitrogens with zero attached hydrogens (tertiary/aromatic N) is 1. The largest absolute Gasteiger partial charge is 0.373 e. The fourth-order valence-electron chi connectivity index (χ4n) is 3.33. The molecule has 0 bridgehead atoms. The molecule has 0 radical (unpaired) electrons. The van der Waals surface area contributed by atoms with E-state index in [1.807, 2.05) is 18.2 Å². The summed E-state index contributed by atoms with van der Waals surface area (Å²) in [5.74, 6) is -1.06. The molecular formula is C21H24ClN3O5S. The van der Waals surface area contributed by atoms with Gasteiger partial charge >= 0.3 is 0 Å². The minimum atomic E-state index is -3.93. The molecule has 1 saturated heterocycles. The van der Waals surface area contributed by atoms with Crippen LogP contribution in [0, 0.1) is 0 Å². The van der Waals surface area contributed by atoms with Gasteiger partial charge in [-0.1, -0.05) is 41.9 Å². The molecule has 1 aliphatic rings. The lowest BCUT2D eigenvalue weighted by Gasteiger charge is -2.34. The molecule has 0 spiro atoms. The minimum Gasteiger partial charge on any atom is -0.373 e. The number of benzene rings is 2. The molecule has 2 atom stereocenters. The van der Waals surface area contributed by atoms with E-state index in [-0.39, 0.29) is 47.2 Å². The lowest BCUT2D eigenvalue weighted by atomic mass is 10.1. The monoisotopic (exact) mass is 465 g/mol. The molecule has 0 aromatic heterocycles. The topological polar surface area (TPSA) is 105 Å². The lowest BCUT2D eigenvalue weighted by Crippen LogP contribution is -2.48. The number of carbonyl (C=O) groups is 2. The molecule has 2 aromatic rings. The van der Waals surface area contributed by atoms with Crippen LogP contribution in [-0.2, 0) is 26.0 Å². The van der Waals surface area contributed by atoms with Crippen LogP contribution in [-0.4, -0.2) is 49.8 Å². The first-order chi connectivity index (χ1) is 14.7. The molecule has 166 valence electrons. The molecule has 0 aliphatic carbocycles. The first-order valence-corrected chi connectivity index (χ1v) is 11.6. The molecule has 2 N–H and O–H groups in total. The second-order valence-electron chi connectivity index (χ2n) is 7.39. The van der Waals surface area contributed by atoms with Crippen molar-refractivity contribution in [1.29, 1.82) is 0 Å². The molecule has 2 unspecified atom stereocenters. The zero-order chi connectivity index (χ0) is 22.6. The number of hydrogen-bond acceptors (Lipinski definition) is 5. The summed E-state index contributed by atoms with van der Waals surface area (Å²) in [6.45, 7) is 3.97. The van der Waals surface area contributed by atoms with Gasteiger partial charge in [0.25, 0.3) is 5.91 Å². The Bertz CT molecular complexity index is 1050. The summed E-state index contributed by atoms with van der Waals surface area (Å²) in [6, 6.07) is 13.0. The summed E-state index contributed by atoms with van der Waals surface area (Å²) in [5, 5.41) is 0.0106. The summed E-state index contributed by atoms with van der Waals surface area (Å²) in [4.78, 5) is 24.3. The van der Waals surface area contributed by atoms with Gasteiger partial charge in [0.15, 0.2) is 0 Å². The van der Waals surface area contributed by atoms with Crippen LogP contribution in [0.4, 0.5) is 0 Å². The first-order valence-electron chi connectivity index (χ1n) is 9.75. The van der Waals surface area contributed by atoms with Gasteiger partial charge in [-0.3, -0.25) is 20.4 Å². The summed E-state index contributed by atoms with van der Waals surface area (Å²) in [5.41, 5.74) is 5.48. The van der Waals surface area contributed by atoms with Crippen molar-refractivity contribution >= 4 is 33.4 Å². The maximum atomic E-state index is 13.1. The number of halogens is 1. The van der Waals surface area contributed by atoms with Crippen LogP contribution in [0.25, 0.3) is 0 Å². The first kappa shape index (κ1) is 23.2. The Hall–Kier alpha value is -2.46. The van der Waals surface area contributed by atoms with E-state index in [1.165, 1.54) is 22.5 Å². The average Bonchev–Trinajstić information content (AvgIpc) is 2.72. The van der Waals surface area contributed by atoms with E-state index in [0.717, 1.165) is 5.56 Å². The van der Waals surface area contributed by atoms with Gasteiger partial charge in [0.2, 0.25) is 15.9 Å². The Morgan fingerprint density at radius 1 is 1.06 bits per heavy atom. The molecule has 1 heterocycles. The molecule has 3 rings (SSSR count). The summed E-state index contributed by atoms with van der Waals surface area (Å²) in [6.07, 6.45) is -0.429. The third-order valence-corrected chi connectivity index (χ3v) is 7.03. The van der Waals surface area contributed by atoms with Crippen LogP contribution in [0.3, 0.4) is 0 Å². The molecular weight excluding hydrogens is 442 g/mol. The Labute approximate surface area is 186 Å². The van der Waals surface area contributed by atoms with E-state index in [2.05, 4.69) is 10.9 Å². The van der Waals surface area contributed by atoms with Gasteiger partial charge in [-0.05, 0) is 37.6 Å². The fourth-order valence-corrected chi connectivity index (χ4v) is 5.42. The number of ether oxygens (including phenoxy) is 1. The van der Waals surface area contributed by atoms with Gasteiger partial charge in [-0.15, -0.1) is 0 Å². The van der Waals surface area contributed by atoms with Crippen molar-refractivity contribution in [2.75, 3.05) is 13.1 Å². The molecule has 8 nitrogen and oxygen atoms in total. The van der Waals surface area contributed by atoms with E-state index >= 15 is 0 Å². The van der Waals surface area contributed by atoms with E-state index in [0.29, 0.717) is 0 Å². The number of sulfonamides is 1. The number of rotatable bonds is 5. The second kappa shape index (κ2) is 9.78. The summed E-state index contributed by atoms with van der Waals surface area (Å²) >= 11 is 6.16. The number of carbonyl (C=O) groups excluding carboxylic acids is 2. The average molecular weight is 466 g/mol. The van der Waals surface area contributed by atoms with Gasteiger partial charge < -0.3 is 4.74 Å². The summed E-state index contributed by atoms with van der Waals surface area (Å²) < 4.78 is 33.2. The van der Waals surface area contributed by atoms with Crippen LogP contribution in [0.2, 0.25) is 5.02 Å². The van der Waals surface area contributed by atoms with Gasteiger partial charge in [-0.2, -0.15) is 4.31 Å². The third kappa shape index (κ3) is 5.82. The van der Waals surface area contributed by atoms with Gasteiger partial charge in [0.1, 0.15) is 4.90 Å². The molecule has 2 amide bonds.